The van der Waals surface area contributed by atoms with Gasteiger partial charge in [0.05, 0.1) is 6.61 Å². The highest BCUT2D eigenvalue weighted by atomic mass is 19.2. The molecule has 0 N–H and O–H groups in total. The Hall–Kier alpha value is -3.14. The van der Waals surface area contributed by atoms with Crippen LogP contribution in [0.3, 0.4) is 0 Å². The molecule has 2 aliphatic carbocycles. The maximum Gasteiger partial charge on any atom is 0.204 e. The smallest absolute Gasteiger partial charge is 0.204 e. The summed E-state index contributed by atoms with van der Waals surface area (Å²) in [6, 6.07) is 20.0. The van der Waals surface area contributed by atoms with E-state index < -0.39 is 11.6 Å². The van der Waals surface area contributed by atoms with Gasteiger partial charge < -0.3 is 9.47 Å². The summed E-state index contributed by atoms with van der Waals surface area (Å²) in [4.78, 5) is 0. The van der Waals surface area contributed by atoms with Gasteiger partial charge in [-0.1, -0.05) is 67.1 Å². The number of benzene rings is 3. The summed E-state index contributed by atoms with van der Waals surface area (Å²) in [6.07, 6.45) is 15.4. The molecule has 0 heterocycles. The molecular weight excluding hydrogens is 502 g/mol. The molecule has 212 valence electrons. The van der Waals surface area contributed by atoms with Gasteiger partial charge in [0, 0.05) is 0 Å². The third-order valence-electron chi connectivity index (χ3n) is 9.07. The van der Waals surface area contributed by atoms with Crippen molar-refractivity contribution in [2.24, 2.45) is 17.8 Å². The minimum Gasteiger partial charge on any atom is -0.491 e. The quantitative estimate of drug-likeness (QED) is 0.236. The van der Waals surface area contributed by atoms with E-state index in [9.17, 15) is 8.78 Å². The Labute approximate surface area is 238 Å². The Morgan fingerprint density at radius 3 is 2.05 bits per heavy atom. The molecule has 4 heteroatoms. The van der Waals surface area contributed by atoms with Crippen LogP contribution in [0, 0.1) is 29.4 Å². The Morgan fingerprint density at radius 1 is 0.750 bits per heavy atom. The first-order valence-electron chi connectivity index (χ1n) is 15.1. The number of hydrogen-bond donors (Lipinski definition) is 0. The highest BCUT2D eigenvalue weighted by molar-refractivity contribution is 5.64. The van der Waals surface area contributed by atoms with Crippen LogP contribution < -0.4 is 9.47 Å². The van der Waals surface area contributed by atoms with Crippen molar-refractivity contribution in [1.29, 1.82) is 0 Å². The van der Waals surface area contributed by atoms with E-state index in [-0.39, 0.29) is 24.7 Å². The summed E-state index contributed by atoms with van der Waals surface area (Å²) < 4.78 is 39.1. The lowest BCUT2D eigenvalue weighted by Gasteiger charge is -2.42. The fourth-order valence-corrected chi connectivity index (χ4v) is 6.84. The molecule has 4 atom stereocenters. The van der Waals surface area contributed by atoms with Crippen LogP contribution in [0.25, 0.3) is 11.1 Å². The second-order valence-electron chi connectivity index (χ2n) is 11.6. The molecule has 4 unspecified atom stereocenters. The molecular formula is C36H42F2O2. The Morgan fingerprint density at radius 2 is 1.38 bits per heavy atom. The summed E-state index contributed by atoms with van der Waals surface area (Å²) in [5.74, 6) is 1.19. The van der Waals surface area contributed by atoms with Gasteiger partial charge in [-0.05, 0) is 117 Å². The van der Waals surface area contributed by atoms with Crippen LogP contribution in [0.1, 0.15) is 82.3 Å². The van der Waals surface area contributed by atoms with Gasteiger partial charge in [0.15, 0.2) is 11.5 Å². The maximum absolute atomic E-state index is 14.3. The van der Waals surface area contributed by atoms with Gasteiger partial charge in [-0.3, -0.25) is 0 Å². The molecule has 0 amide bonds. The van der Waals surface area contributed by atoms with Crippen molar-refractivity contribution in [3.05, 3.63) is 95.6 Å². The lowest BCUT2D eigenvalue weighted by atomic mass is 9.63. The van der Waals surface area contributed by atoms with Gasteiger partial charge in [0.25, 0.3) is 0 Å². The molecule has 0 aromatic heterocycles. The van der Waals surface area contributed by atoms with Gasteiger partial charge in [0.1, 0.15) is 6.61 Å². The van der Waals surface area contributed by atoms with Crippen molar-refractivity contribution < 1.29 is 18.3 Å². The summed E-state index contributed by atoms with van der Waals surface area (Å²) >= 11 is 0. The first-order chi connectivity index (χ1) is 19.6. The van der Waals surface area contributed by atoms with Crippen molar-refractivity contribution in [3.8, 4) is 22.6 Å². The standard InChI is InChI=1S/C36H42F2O2/c1-3-5-6-7-25-8-13-32-23-31(19-18-30(32)22-25)29-16-14-28(15-17-29)27-11-9-26(10-12-27)24-40-34-21-20-33(39-4-2)35(37)36(34)38/h3,5,9-12,14-17,20-21,25,30-32H,4,6-8,13,18-19,22-24H2,1-2H3. The predicted molar refractivity (Wildman–Crippen MR) is 159 cm³/mol. The zero-order valence-electron chi connectivity index (χ0n) is 23.9. The molecule has 0 spiro atoms. The average Bonchev–Trinajstić information content (AvgIpc) is 2.99. The monoisotopic (exact) mass is 544 g/mol. The third kappa shape index (κ3) is 6.77. The van der Waals surface area contributed by atoms with Gasteiger partial charge >= 0.3 is 0 Å². The molecule has 3 aromatic carbocycles. The topological polar surface area (TPSA) is 18.5 Å². The molecule has 0 radical (unpaired) electrons. The van der Waals surface area contributed by atoms with Crippen molar-refractivity contribution >= 4 is 0 Å². The van der Waals surface area contributed by atoms with E-state index in [0.717, 1.165) is 28.9 Å². The van der Waals surface area contributed by atoms with Gasteiger partial charge in [-0.25, -0.2) is 0 Å². The highest BCUT2D eigenvalue weighted by Crippen LogP contribution is 2.48. The van der Waals surface area contributed by atoms with E-state index in [2.05, 4.69) is 55.5 Å². The Balaban J connectivity index is 1.14. The number of rotatable bonds is 10. The van der Waals surface area contributed by atoms with Gasteiger partial charge in [-0.2, -0.15) is 8.78 Å². The largest absolute Gasteiger partial charge is 0.491 e. The number of fused-ring (bicyclic) bond motifs is 1. The van der Waals surface area contributed by atoms with Crippen molar-refractivity contribution in [2.75, 3.05) is 6.61 Å². The molecule has 40 heavy (non-hydrogen) atoms. The minimum atomic E-state index is -1.02. The second-order valence-corrected chi connectivity index (χ2v) is 11.6. The molecule has 0 aliphatic heterocycles. The fourth-order valence-electron chi connectivity index (χ4n) is 6.84. The fraction of sp³-hybridized carbons (Fsp3) is 0.444. The van der Waals surface area contributed by atoms with Crippen LogP contribution in [0.15, 0.2) is 72.8 Å². The minimum absolute atomic E-state index is 0.103. The van der Waals surface area contributed by atoms with Gasteiger partial charge in [0.2, 0.25) is 11.6 Å². The first-order valence-corrected chi connectivity index (χ1v) is 15.1. The second kappa shape index (κ2) is 13.5. The van der Waals surface area contributed by atoms with Crippen LogP contribution in [0.4, 0.5) is 8.78 Å². The van der Waals surface area contributed by atoms with Crippen LogP contribution in [0.5, 0.6) is 11.5 Å². The number of allylic oxidation sites excluding steroid dienone is 2. The van der Waals surface area contributed by atoms with Crippen molar-refractivity contribution in [1.82, 2.24) is 0 Å². The van der Waals surface area contributed by atoms with Crippen molar-refractivity contribution in [2.45, 2.75) is 77.7 Å². The van der Waals surface area contributed by atoms with Crippen LogP contribution in [0.2, 0.25) is 0 Å². The van der Waals surface area contributed by atoms with E-state index in [1.54, 1.807) is 6.92 Å². The van der Waals surface area contributed by atoms with E-state index >= 15 is 0 Å². The molecule has 2 nitrogen and oxygen atoms in total. The molecule has 0 saturated heterocycles. The molecule has 2 saturated carbocycles. The number of hydrogen-bond acceptors (Lipinski definition) is 2. The summed E-state index contributed by atoms with van der Waals surface area (Å²) in [5, 5.41) is 0. The molecule has 2 aliphatic rings. The lowest BCUT2D eigenvalue weighted by molar-refractivity contribution is 0.115. The van der Waals surface area contributed by atoms with Gasteiger partial charge in [-0.15, -0.1) is 0 Å². The first kappa shape index (κ1) is 28.4. The highest BCUT2D eigenvalue weighted by Gasteiger charge is 2.35. The van der Waals surface area contributed by atoms with E-state index in [1.807, 2.05) is 12.1 Å². The van der Waals surface area contributed by atoms with Crippen LogP contribution in [-0.4, -0.2) is 6.61 Å². The predicted octanol–water partition coefficient (Wildman–Crippen LogP) is 10.3. The van der Waals surface area contributed by atoms with Crippen LogP contribution >= 0.6 is 0 Å². The van der Waals surface area contributed by atoms with E-state index in [0.29, 0.717) is 5.92 Å². The Bertz CT molecular complexity index is 1270. The van der Waals surface area contributed by atoms with E-state index in [1.165, 1.54) is 74.6 Å². The number of halogens is 2. The van der Waals surface area contributed by atoms with E-state index in [4.69, 9.17) is 9.47 Å². The van der Waals surface area contributed by atoms with Crippen molar-refractivity contribution in [3.63, 3.8) is 0 Å². The normalized spacial score (nSPS) is 22.7. The summed E-state index contributed by atoms with van der Waals surface area (Å²) in [7, 11) is 0. The zero-order chi connectivity index (χ0) is 27.9. The number of ether oxygens (including phenoxy) is 2. The van der Waals surface area contributed by atoms with Crippen LogP contribution in [-0.2, 0) is 6.61 Å². The maximum atomic E-state index is 14.3. The summed E-state index contributed by atoms with van der Waals surface area (Å²) in [6.45, 7) is 4.27. The average molecular weight is 545 g/mol. The zero-order valence-corrected chi connectivity index (χ0v) is 23.9. The summed E-state index contributed by atoms with van der Waals surface area (Å²) in [5.41, 5.74) is 4.69. The molecule has 5 rings (SSSR count). The molecule has 0 bridgehead atoms. The molecule has 3 aromatic rings. The SMILES string of the molecule is CC=CCCC1CCC2CC(c3ccc(-c4ccc(COc5ccc(OCC)c(F)c5F)cc4)cc3)CCC2C1. The lowest BCUT2D eigenvalue weighted by Crippen LogP contribution is -2.30. The Kier molecular flexibility index (Phi) is 9.57. The third-order valence-corrected chi connectivity index (χ3v) is 9.07. The molecule has 2 fully saturated rings.